The lowest BCUT2D eigenvalue weighted by molar-refractivity contribution is 0.0472. The molecule has 0 spiro atoms. The molecule has 0 unspecified atom stereocenters. The number of hydrogen-bond donors (Lipinski definition) is 1. The third-order valence-electron chi connectivity index (χ3n) is 3.53. The summed E-state index contributed by atoms with van der Waals surface area (Å²) in [7, 11) is 0. The van der Waals surface area contributed by atoms with Crippen LogP contribution in [-0.2, 0) is 16.1 Å². The lowest BCUT2D eigenvalue weighted by Crippen LogP contribution is -2.27. The fraction of sp³-hybridized carbons (Fsp3) is 0.333. The van der Waals surface area contributed by atoms with E-state index in [0.29, 0.717) is 16.8 Å². The molecule has 1 radical (unpaired) electrons. The first kappa shape index (κ1) is 19.5. The zero-order chi connectivity index (χ0) is 19.3. The Kier molecular flexibility index (Phi) is 6.03. The van der Waals surface area contributed by atoms with Crippen LogP contribution in [0.25, 0.3) is 0 Å². The molecule has 26 heavy (non-hydrogen) atoms. The zero-order valence-corrected chi connectivity index (χ0v) is 15.8. The Morgan fingerprint density at radius 1 is 1.15 bits per heavy atom. The van der Waals surface area contributed by atoms with Gasteiger partial charge in [-0.1, -0.05) is 35.9 Å². The number of carbonyl (C=O) groups is 2. The van der Waals surface area contributed by atoms with Gasteiger partial charge in [0.25, 0.3) is 0 Å². The molecular weight excluding hydrogens is 330 g/mol. The fourth-order valence-corrected chi connectivity index (χ4v) is 2.38. The molecule has 0 bridgehead atoms. The molecule has 2 aromatic rings. The smallest absolute Gasteiger partial charge is 0.412 e. The topological polar surface area (TPSA) is 64.6 Å². The normalized spacial score (nSPS) is 11.0. The van der Waals surface area contributed by atoms with E-state index in [1.54, 1.807) is 45.0 Å². The molecule has 2 rings (SSSR count). The first-order valence-corrected chi connectivity index (χ1v) is 8.39. The second kappa shape index (κ2) is 8.04. The maximum Gasteiger partial charge on any atom is 0.412 e. The Balaban J connectivity index is 2.06. The van der Waals surface area contributed by atoms with Gasteiger partial charge in [-0.15, -0.1) is 0 Å². The zero-order valence-electron chi connectivity index (χ0n) is 15.8. The molecule has 0 heterocycles. The summed E-state index contributed by atoms with van der Waals surface area (Å²) in [6.07, 6.45) is -0.582. The van der Waals surface area contributed by atoms with Crippen molar-refractivity contribution in [3.8, 4) is 0 Å². The molecule has 2 aromatic carbocycles. The largest absolute Gasteiger partial charge is 0.457 e. The molecule has 5 nitrogen and oxygen atoms in total. The predicted molar refractivity (Wildman–Crippen MR) is 100 cm³/mol. The number of hydrogen-bond acceptors (Lipinski definition) is 4. The highest BCUT2D eigenvalue weighted by Gasteiger charge is 2.18. The standard InChI is InChI=1S/C21H24NO4/c1-14-10-11-17(15(2)12-14)19(23)25-13-16-8-6-7-9-18(16)22-20(24)26-21(3,4)5/h6-8,10-12H,13H2,1-5H3,(H,22,24). The number of anilines is 1. The van der Waals surface area contributed by atoms with E-state index >= 15 is 0 Å². The SMILES string of the molecule is Cc1ccc(C(=O)OCc2ccc[c]c2NC(=O)OC(C)(C)C)c(C)c1. The van der Waals surface area contributed by atoms with Crippen molar-refractivity contribution in [3.63, 3.8) is 0 Å². The minimum atomic E-state index is -0.603. The van der Waals surface area contributed by atoms with Crippen molar-refractivity contribution in [1.82, 2.24) is 0 Å². The Hall–Kier alpha value is -2.82. The molecule has 0 aliphatic carbocycles. The van der Waals surface area contributed by atoms with Gasteiger partial charge in [-0.05, 0) is 46.2 Å². The van der Waals surface area contributed by atoms with Crippen LogP contribution in [0.4, 0.5) is 10.5 Å². The summed E-state index contributed by atoms with van der Waals surface area (Å²) in [5, 5.41) is 2.64. The summed E-state index contributed by atoms with van der Waals surface area (Å²) in [5.41, 5.74) is 2.93. The van der Waals surface area contributed by atoms with Gasteiger partial charge < -0.3 is 9.47 Å². The summed E-state index contributed by atoms with van der Waals surface area (Å²) in [6.45, 7) is 9.22. The maximum absolute atomic E-state index is 12.3. The van der Waals surface area contributed by atoms with Crippen LogP contribution in [0.5, 0.6) is 0 Å². The summed E-state index contributed by atoms with van der Waals surface area (Å²) < 4.78 is 10.6. The van der Waals surface area contributed by atoms with Crippen molar-refractivity contribution >= 4 is 17.7 Å². The molecule has 1 N–H and O–H groups in total. The molecule has 0 saturated heterocycles. The van der Waals surface area contributed by atoms with E-state index < -0.39 is 17.7 Å². The van der Waals surface area contributed by atoms with Crippen molar-refractivity contribution in [2.75, 3.05) is 5.32 Å². The van der Waals surface area contributed by atoms with Crippen molar-refractivity contribution in [3.05, 3.63) is 64.7 Å². The van der Waals surface area contributed by atoms with Gasteiger partial charge in [0.1, 0.15) is 12.2 Å². The van der Waals surface area contributed by atoms with Crippen molar-refractivity contribution in [2.45, 2.75) is 46.8 Å². The molecule has 137 valence electrons. The van der Waals surface area contributed by atoms with Crippen molar-refractivity contribution in [1.29, 1.82) is 0 Å². The predicted octanol–water partition coefficient (Wildman–Crippen LogP) is 4.81. The summed E-state index contributed by atoms with van der Waals surface area (Å²) in [6, 6.07) is 13.7. The number of nitrogens with one attached hydrogen (secondary N) is 1. The Morgan fingerprint density at radius 2 is 1.88 bits per heavy atom. The number of rotatable bonds is 4. The van der Waals surface area contributed by atoms with Crippen LogP contribution in [0.1, 0.15) is 47.8 Å². The fourth-order valence-electron chi connectivity index (χ4n) is 2.38. The monoisotopic (exact) mass is 354 g/mol. The number of esters is 1. The van der Waals surface area contributed by atoms with Crippen LogP contribution in [0.15, 0.2) is 36.4 Å². The summed E-state index contributed by atoms with van der Waals surface area (Å²) in [5.74, 6) is -0.408. The van der Waals surface area contributed by atoms with Crippen LogP contribution in [0.3, 0.4) is 0 Å². The van der Waals surface area contributed by atoms with E-state index in [1.165, 1.54) is 0 Å². The van der Waals surface area contributed by atoms with E-state index in [2.05, 4.69) is 11.4 Å². The number of para-hydroxylation sites is 1. The minimum Gasteiger partial charge on any atom is -0.457 e. The lowest BCUT2D eigenvalue weighted by atomic mass is 10.1. The van der Waals surface area contributed by atoms with E-state index in [1.807, 2.05) is 26.0 Å². The van der Waals surface area contributed by atoms with Crippen LogP contribution >= 0.6 is 0 Å². The van der Waals surface area contributed by atoms with E-state index in [4.69, 9.17) is 9.47 Å². The van der Waals surface area contributed by atoms with Gasteiger partial charge in [0, 0.05) is 11.6 Å². The van der Waals surface area contributed by atoms with Crippen molar-refractivity contribution in [2.24, 2.45) is 0 Å². The highest BCUT2D eigenvalue weighted by Crippen LogP contribution is 2.19. The first-order chi connectivity index (χ1) is 12.2. The summed E-state index contributed by atoms with van der Waals surface area (Å²) >= 11 is 0. The Morgan fingerprint density at radius 3 is 2.54 bits per heavy atom. The highest BCUT2D eigenvalue weighted by molar-refractivity contribution is 5.91. The lowest BCUT2D eigenvalue weighted by Gasteiger charge is -2.20. The molecule has 0 aliphatic rings. The van der Waals surface area contributed by atoms with Crippen molar-refractivity contribution < 1.29 is 19.1 Å². The molecule has 1 amide bonds. The number of ether oxygens (including phenoxy) is 2. The first-order valence-electron chi connectivity index (χ1n) is 8.39. The van der Waals surface area contributed by atoms with Crippen LogP contribution in [0.2, 0.25) is 0 Å². The Labute approximate surface area is 154 Å². The number of aryl methyl sites for hydroxylation is 2. The quantitative estimate of drug-likeness (QED) is 0.801. The summed E-state index contributed by atoms with van der Waals surface area (Å²) in [4.78, 5) is 24.3. The third kappa shape index (κ3) is 5.62. The van der Waals surface area contributed by atoms with Gasteiger partial charge in [0.2, 0.25) is 0 Å². The van der Waals surface area contributed by atoms with Crippen LogP contribution in [-0.4, -0.2) is 17.7 Å². The van der Waals surface area contributed by atoms with Crippen LogP contribution < -0.4 is 5.32 Å². The van der Waals surface area contributed by atoms with Gasteiger partial charge in [0.05, 0.1) is 11.3 Å². The molecule has 0 aromatic heterocycles. The Bertz CT molecular complexity index is 806. The van der Waals surface area contributed by atoms with Gasteiger partial charge in [-0.25, -0.2) is 9.59 Å². The van der Waals surface area contributed by atoms with Gasteiger partial charge in [-0.3, -0.25) is 5.32 Å². The number of amides is 1. The van der Waals surface area contributed by atoms with Gasteiger partial charge >= 0.3 is 12.1 Å². The van der Waals surface area contributed by atoms with Crippen LogP contribution in [0, 0.1) is 19.9 Å². The molecule has 0 fully saturated rings. The molecule has 0 saturated carbocycles. The second-order valence-electron chi connectivity index (χ2n) is 7.09. The second-order valence-corrected chi connectivity index (χ2v) is 7.09. The van der Waals surface area contributed by atoms with E-state index in [9.17, 15) is 9.59 Å². The average molecular weight is 354 g/mol. The number of carbonyl (C=O) groups excluding carboxylic acids is 2. The van der Waals surface area contributed by atoms with E-state index in [0.717, 1.165) is 11.1 Å². The number of benzene rings is 2. The maximum atomic E-state index is 12.3. The van der Waals surface area contributed by atoms with E-state index in [-0.39, 0.29) is 6.61 Å². The molecule has 0 aliphatic heterocycles. The molecule has 5 heteroatoms. The highest BCUT2D eigenvalue weighted by atomic mass is 16.6. The molecular formula is C21H24NO4. The molecule has 0 atom stereocenters. The van der Waals surface area contributed by atoms with Gasteiger partial charge in [0.15, 0.2) is 0 Å². The average Bonchev–Trinajstić information content (AvgIpc) is 2.52. The van der Waals surface area contributed by atoms with Gasteiger partial charge in [-0.2, -0.15) is 0 Å². The third-order valence-corrected chi connectivity index (χ3v) is 3.53. The minimum absolute atomic E-state index is 0.0224.